The summed E-state index contributed by atoms with van der Waals surface area (Å²) in [7, 11) is 0. The topological polar surface area (TPSA) is 59.3 Å². The fourth-order valence-electron chi connectivity index (χ4n) is 2.23. The molecule has 0 saturated heterocycles. The Morgan fingerprint density at radius 1 is 1.32 bits per heavy atom. The molecule has 0 aliphatic carbocycles. The fraction of sp³-hybridized carbons (Fsp3) is 0.400. The third-order valence-corrected chi connectivity index (χ3v) is 5.29. The first-order chi connectivity index (χ1) is 10.8. The summed E-state index contributed by atoms with van der Waals surface area (Å²) in [5.41, 5.74) is 1.10. The Morgan fingerprint density at radius 2 is 2.18 bits per heavy atom. The summed E-state index contributed by atoms with van der Waals surface area (Å²) in [5.74, 6) is 0.425. The van der Waals surface area contributed by atoms with Crippen molar-refractivity contribution in [3.63, 3.8) is 0 Å². The van der Waals surface area contributed by atoms with Crippen molar-refractivity contribution in [2.24, 2.45) is 0 Å². The predicted octanol–water partition coefficient (Wildman–Crippen LogP) is 3.34. The number of amides is 1. The molecule has 1 amide bonds. The number of nitrogens with zero attached hydrogens (tertiary/aromatic N) is 3. The Morgan fingerprint density at radius 3 is 3.05 bits per heavy atom. The lowest BCUT2D eigenvalue weighted by molar-refractivity contribution is -0.118. The number of carbonyl (C=O) groups excluding carboxylic acids is 1. The number of thioether (sulfide) groups is 1. The average molecular weight is 334 g/mol. The molecule has 0 unspecified atom stereocenters. The van der Waals surface area contributed by atoms with Crippen molar-refractivity contribution in [2.75, 3.05) is 12.3 Å². The fourth-order valence-corrected chi connectivity index (χ4v) is 4.03. The van der Waals surface area contributed by atoms with Gasteiger partial charge in [-0.05, 0) is 18.6 Å². The lowest BCUT2D eigenvalue weighted by atomic mass is 10.2. The predicted molar refractivity (Wildman–Crippen MR) is 91.6 cm³/mol. The number of unbranched alkanes of at least 4 members (excludes halogenated alkanes) is 2. The van der Waals surface area contributed by atoms with E-state index in [4.69, 9.17) is 0 Å². The third-order valence-electron chi connectivity index (χ3n) is 3.35. The lowest BCUT2D eigenvalue weighted by Gasteiger charge is -2.03. The molecule has 22 heavy (non-hydrogen) atoms. The first kappa shape index (κ1) is 15.3. The highest BCUT2D eigenvalue weighted by Crippen LogP contribution is 2.29. The van der Waals surface area contributed by atoms with E-state index < -0.39 is 0 Å². The number of para-hydroxylation sites is 1. The summed E-state index contributed by atoms with van der Waals surface area (Å²) in [4.78, 5) is 12.7. The zero-order valence-electron chi connectivity index (χ0n) is 12.4. The molecule has 0 radical (unpaired) electrons. The van der Waals surface area contributed by atoms with Crippen molar-refractivity contribution in [3.8, 4) is 0 Å². The van der Waals surface area contributed by atoms with Gasteiger partial charge in [0.15, 0.2) is 5.16 Å². The van der Waals surface area contributed by atoms with E-state index in [0.29, 0.717) is 5.75 Å². The van der Waals surface area contributed by atoms with E-state index in [2.05, 4.69) is 34.6 Å². The van der Waals surface area contributed by atoms with Crippen molar-refractivity contribution in [2.45, 2.75) is 31.3 Å². The van der Waals surface area contributed by atoms with Gasteiger partial charge in [-0.2, -0.15) is 0 Å². The standard InChI is InChI=1S/C15H18N4OS2/c1-2-3-6-9-16-13(20)10-21-14-17-18-15-19(14)11-7-4-5-8-12(11)22-15/h4-5,7-8H,2-3,6,9-10H2,1H3,(H,16,20). The highest BCUT2D eigenvalue weighted by Gasteiger charge is 2.13. The second-order valence-corrected chi connectivity index (χ2v) is 6.97. The number of benzene rings is 1. The van der Waals surface area contributed by atoms with Crippen LogP contribution in [0.15, 0.2) is 29.4 Å². The maximum absolute atomic E-state index is 11.9. The van der Waals surface area contributed by atoms with E-state index in [-0.39, 0.29) is 5.91 Å². The minimum absolute atomic E-state index is 0.0531. The van der Waals surface area contributed by atoms with Gasteiger partial charge in [-0.15, -0.1) is 10.2 Å². The molecule has 0 aliphatic rings. The van der Waals surface area contributed by atoms with Crippen LogP contribution < -0.4 is 5.32 Å². The minimum Gasteiger partial charge on any atom is -0.355 e. The molecule has 1 aromatic carbocycles. The molecule has 1 N–H and O–H groups in total. The number of carbonyl (C=O) groups is 1. The van der Waals surface area contributed by atoms with Crippen LogP contribution in [0.3, 0.4) is 0 Å². The Labute approximate surface area is 137 Å². The highest BCUT2D eigenvalue weighted by molar-refractivity contribution is 7.99. The molecule has 0 fully saturated rings. The zero-order chi connectivity index (χ0) is 15.4. The van der Waals surface area contributed by atoms with Gasteiger partial charge in [0.1, 0.15) is 0 Å². The first-order valence-electron chi connectivity index (χ1n) is 7.41. The molecule has 3 rings (SSSR count). The average Bonchev–Trinajstić information content (AvgIpc) is 3.08. The smallest absolute Gasteiger partial charge is 0.230 e. The van der Waals surface area contributed by atoms with Crippen LogP contribution in [0, 0.1) is 0 Å². The number of thiazole rings is 1. The van der Waals surface area contributed by atoms with Crippen LogP contribution in [0.5, 0.6) is 0 Å². The molecule has 7 heteroatoms. The van der Waals surface area contributed by atoms with Crippen LogP contribution in [0.4, 0.5) is 0 Å². The van der Waals surface area contributed by atoms with Gasteiger partial charge in [0.05, 0.1) is 16.0 Å². The first-order valence-corrected chi connectivity index (χ1v) is 9.22. The van der Waals surface area contributed by atoms with Gasteiger partial charge in [0.2, 0.25) is 10.9 Å². The SMILES string of the molecule is CCCCCNC(=O)CSc1nnc2sc3ccccc3n12. The van der Waals surface area contributed by atoms with Crippen LogP contribution >= 0.6 is 23.1 Å². The molecule has 0 aliphatic heterocycles. The number of rotatable bonds is 7. The Hall–Kier alpha value is -1.60. The summed E-state index contributed by atoms with van der Waals surface area (Å²) in [6.45, 7) is 2.91. The highest BCUT2D eigenvalue weighted by atomic mass is 32.2. The molecule has 0 saturated carbocycles. The lowest BCUT2D eigenvalue weighted by Crippen LogP contribution is -2.26. The molecule has 0 spiro atoms. The van der Waals surface area contributed by atoms with Gasteiger partial charge < -0.3 is 5.32 Å². The molecule has 5 nitrogen and oxygen atoms in total. The van der Waals surface area contributed by atoms with Gasteiger partial charge in [-0.3, -0.25) is 9.20 Å². The van der Waals surface area contributed by atoms with Crippen LogP contribution in [-0.2, 0) is 4.79 Å². The van der Waals surface area contributed by atoms with Gasteiger partial charge in [0, 0.05) is 6.54 Å². The summed E-state index contributed by atoms with van der Waals surface area (Å²) in [6, 6.07) is 8.15. The quantitative estimate of drug-likeness (QED) is 0.532. The second kappa shape index (κ2) is 7.11. The van der Waals surface area contributed by atoms with Gasteiger partial charge in [0.25, 0.3) is 0 Å². The normalized spacial score (nSPS) is 11.3. The molecule has 0 atom stereocenters. The summed E-state index contributed by atoms with van der Waals surface area (Å²) in [5, 5.41) is 12.1. The Bertz CT molecular complexity index is 780. The number of aromatic nitrogens is 3. The van der Waals surface area contributed by atoms with E-state index in [9.17, 15) is 4.79 Å². The molecular weight excluding hydrogens is 316 g/mol. The molecule has 3 aromatic rings. The van der Waals surface area contributed by atoms with Crippen molar-refractivity contribution in [1.29, 1.82) is 0 Å². The number of fused-ring (bicyclic) bond motifs is 3. The van der Waals surface area contributed by atoms with Crippen molar-refractivity contribution >= 4 is 44.2 Å². The van der Waals surface area contributed by atoms with Crippen molar-refractivity contribution in [3.05, 3.63) is 24.3 Å². The van der Waals surface area contributed by atoms with Crippen molar-refractivity contribution < 1.29 is 4.79 Å². The Balaban J connectivity index is 1.65. The summed E-state index contributed by atoms with van der Waals surface area (Å²) < 4.78 is 3.20. The van der Waals surface area contributed by atoms with Gasteiger partial charge in [-0.25, -0.2) is 0 Å². The maximum atomic E-state index is 11.9. The molecule has 116 valence electrons. The Kier molecular flexibility index (Phi) is 4.94. The van der Waals surface area contributed by atoms with Crippen LogP contribution in [-0.4, -0.2) is 32.8 Å². The van der Waals surface area contributed by atoms with E-state index in [0.717, 1.165) is 41.4 Å². The molecular formula is C15H18N4OS2. The van der Waals surface area contributed by atoms with E-state index >= 15 is 0 Å². The number of nitrogens with one attached hydrogen (secondary N) is 1. The van der Waals surface area contributed by atoms with Crippen LogP contribution in [0.2, 0.25) is 0 Å². The molecule has 2 heterocycles. The minimum atomic E-state index is 0.0531. The third kappa shape index (κ3) is 3.25. The molecule has 2 aromatic heterocycles. The number of hydrogen-bond acceptors (Lipinski definition) is 5. The van der Waals surface area contributed by atoms with Crippen molar-refractivity contribution in [1.82, 2.24) is 19.9 Å². The van der Waals surface area contributed by atoms with Crippen LogP contribution in [0.25, 0.3) is 15.2 Å². The maximum Gasteiger partial charge on any atom is 0.230 e. The largest absolute Gasteiger partial charge is 0.355 e. The van der Waals surface area contributed by atoms with Gasteiger partial charge >= 0.3 is 0 Å². The second-order valence-electron chi connectivity index (χ2n) is 5.02. The summed E-state index contributed by atoms with van der Waals surface area (Å²) in [6.07, 6.45) is 3.35. The zero-order valence-corrected chi connectivity index (χ0v) is 14.0. The van der Waals surface area contributed by atoms with Crippen LogP contribution in [0.1, 0.15) is 26.2 Å². The number of hydrogen-bond donors (Lipinski definition) is 1. The monoisotopic (exact) mass is 334 g/mol. The van der Waals surface area contributed by atoms with E-state index in [1.54, 1.807) is 11.3 Å². The van der Waals surface area contributed by atoms with E-state index in [1.165, 1.54) is 16.5 Å². The summed E-state index contributed by atoms with van der Waals surface area (Å²) >= 11 is 3.04. The molecule has 0 bridgehead atoms. The van der Waals surface area contributed by atoms with E-state index in [1.807, 2.05) is 16.5 Å². The van der Waals surface area contributed by atoms with Gasteiger partial charge in [-0.1, -0.05) is 55.0 Å².